The van der Waals surface area contributed by atoms with Crippen molar-refractivity contribution in [2.75, 3.05) is 19.5 Å². The summed E-state index contributed by atoms with van der Waals surface area (Å²) in [6.45, 7) is 1.93. The molecule has 0 spiro atoms. The Morgan fingerprint density at radius 2 is 1.56 bits per heavy atom. The van der Waals surface area contributed by atoms with E-state index in [0.717, 1.165) is 11.1 Å². The number of nitrogens with one attached hydrogen (secondary N) is 2. The topological polar surface area (TPSA) is 76.7 Å². The van der Waals surface area contributed by atoms with Gasteiger partial charge in [-0.1, -0.05) is 48.5 Å². The minimum atomic E-state index is -0.239. The summed E-state index contributed by atoms with van der Waals surface area (Å²) in [6, 6.07) is 22.2. The number of anilines is 1. The molecule has 0 aliphatic carbocycles. The zero-order valence-corrected chi connectivity index (χ0v) is 18.6. The van der Waals surface area contributed by atoms with Crippen LogP contribution in [0.4, 0.5) is 5.69 Å². The highest BCUT2D eigenvalue weighted by atomic mass is 16.5. The van der Waals surface area contributed by atoms with Gasteiger partial charge in [-0.05, 0) is 48.7 Å². The Labute approximate surface area is 188 Å². The van der Waals surface area contributed by atoms with E-state index in [4.69, 9.17) is 9.47 Å². The molecule has 0 radical (unpaired) electrons. The average molecular weight is 433 g/mol. The summed E-state index contributed by atoms with van der Waals surface area (Å²) in [5.74, 6) is 0.860. The molecule has 0 heterocycles. The van der Waals surface area contributed by atoms with Gasteiger partial charge in [0.2, 0.25) is 5.91 Å². The molecular weight excluding hydrogens is 404 g/mol. The van der Waals surface area contributed by atoms with E-state index < -0.39 is 0 Å². The standard InChI is InChI=1S/C26H28N2O4/c1-18(20-9-5-4-6-10-20)27-26(30)21-11-7-8-12-22(21)28-25(29)16-14-19-13-15-23(31-2)24(17-19)32-3/h4-13,15,17-18H,14,16H2,1-3H3,(H,27,30)(H,28,29)/t18-/m0/s1. The first-order chi connectivity index (χ1) is 15.5. The number of ether oxygens (including phenoxy) is 2. The lowest BCUT2D eigenvalue weighted by Gasteiger charge is -2.16. The third kappa shape index (κ3) is 5.88. The van der Waals surface area contributed by atoms with E-state index in [1.54, 1.807) is 38.5 Å². The number of methoxy groups -OCH3 is 2. The fourth-order valence-electron chi connectivity index (χ4n) is 3.40. The summed E-state index contributed by atoms with van der Waals surface area (Å²) >= 11 is 0. The van der Waals surface area contributed by atoms with Gasteiger partial charge in [-0.15, -0.1) is 0 Å². The van der Waals surface area contributed by atoms with Gasteiger partial charge in [-0.3, -0.25) is 9.59 Å². The summed E-state index contributed by atoms with van der Waals surface area (Å²) < 4.78 is 10.6. The Balaban J connectivity index is 1.63. The fraction of sp³-hybridized carbons (Fsp3) is 0.231. The summed E-state index contributed by atoms with van der Waals surface area (Å²) in [5, 5.41) is 5.86. The number of carbonyl (C=O) groups is 2. The van der Waals surface area contributed by atoms with Crippen molar-refractivity contribution in [3.8, 4) is 11.5 Å². The highest BCUT2D eigenvalue weighted by Gasteiger charge is 2.16. The molecule has 6 nitrogen and oxygen atoms in total. The highest BCUT2D eigenvalue weighted by Crippen LogP contribution is 2.28. The van der Waals surface area contributed by atoms with Crippen LogP contribution in [-0.4, -0.2) is 26.0 Å². The van der Waals surface area contributed by atoms with E-state index in [-0.39, 0.29) is 24.3 Å². The first kappa shape index (κ1) is 22.9. The Bertz CT molecular complexity index is 1070. The molecule has 166 valence electrons. The van der Waals surface area contributed by atoms with E-state index in [1.165, 1.54) is 0 Å². The molecule has 3 aromatic carbocycles. The molecule has 0 aliphatic rings. The summed E-state index contributed by atoms with van der Waals surface area (Å²) in [4.78, 5) is 25.4. The third-order valence-electron chi connectivity index (χ3n) is 5.18. The van der Waals surface area contributed by atoms with E-state index in [1.807, 2.05) is 55.5 Å². The van der Waals surface area contributed by atoms with E-state index >= 15 is 0 Å². The van der Waals surface area contributed by atoms with Gasteiger partial charge in [0.25, 0.3) is 5.91 Å². The van der Waals surface area contributed by atoms with Gasteiger partial charge in [0.15, 0.2) is 11.5 Å². The second-order valence-corrected chi connectivity index (χ2v) is 7.39. The molecule has 0 aromatic heterocycles. The number of hydrogen-bond donors (Lipinski definition) is 2. The van der Waals surface area contributed by atoms with Gasteiger partial charge in [-0.25, -0.2) is 0 Å². The van der Waals surface area contributed by atoms with Gasteiger partial charge < -0.3 is 20.1 Å². The van der Waals surface area contributed by atoms with Crippen molar-refractivity contribution >= 4 is 17.5 Å². The highest BCUT2D eigenvalue weighted by molar-refractivity contribution is 6.03. The molecule has 3 rings (SSSR count). The van der Waals surface area contributed by atoms with Crippen LogP contribution in [0.2, 0.25) is 0 Å². The molecule has 6 heteroatoms. The van der Waals surface area contributed by atoms with Crippen molar-refractivity contribution in [2.24, 2.45) is 0 Å². The van der Waals surface area contributed by atoms with Crippen LogP contribution in [0.15, 0.2) is 72.8 Å². The fourth-order valence-corrected chi connectivity index (χ4v) is 3.40. The van der Waals surface area contributed by atoms with E-state index in [2.05, 4.69) is 10.6 Å². The number of benzene rings is 3. The molecule has 2 N–H and O–H groups in total. The summed E-state index contributed by atoms with van der Waals surface area (Å²) in [7, 11) is 3.16. The van der Waals surface area contributed by atoms with Crippen LogP contribution in [0.3, 0.4) is 0 Å². The lowest BCUT2D eigenvalue weighted by atomic mass is 10.1. The van der Waals surface area contributed by atoms with Gasteiger partial charge in [-0.2, -0.15) is 0 Å². The molecule has 0 fully saturated rings. The van der Waals surface area contributed by atoms with Crippen LogP contribution in [0, 0.1) is 0 Å². The Morgan fingerprint density at radius 3 is 2.28 bits per heavy atom. The van der Waals surface area contributed by atoms with Crippen LogP contribution in [0.5, 0.6) is 11.5 Å². The minimum Gasteiger partial charge on any atom is -0.493 e. The van der Waals surface area contributed by atoms with Crippen LogP contribution in [0.25, 0.3) is 0 Å². The SMILES string of the molecule is COc1ccc(CCC(=O)Nc2ccccc2C(=O)N[C@@H](C)c2ccccc2)cc1OC. The van der Waals surface area contributed by atoms with Crippen LogP contribution in [-0.2, 0) is 11.2 Å². The summed E-state index contributed by atoms with van der Waals surface area (Å²) in [5.41, 5.74) is 2.88. The van der Waals surface area contributed by atoms with Gasteiger partial charge in [0.05, 0.1) is 31.5 Å². The van der Waals surface area contributed by atoms with Crippen molar-refractivity contribution in [1.29, 1.82) is 0 Å². The largest absolute Gasteiger partial charge is 0.493 e. The van der Waals surface area contributed by atoms with E-state index in [9.17, 15) is 9.59 Å². The molecule has 1 atom stereocenters. The quantitative estimate of drug-likeness (QED) is 0.511. The normalized spacial score (nSPS) is 11.3. The van der Waals surface area contributed by atoms with Crippen LogP contribution in [0.1, 0.15) is 40.9 Å². The molecule has 0 unspecified atom stereocenters. The maximum atomic E-state index is 12.9. The Morgan fingerprint density at radius 1 is 0.875 bits per heavy atom. The van der Waals surface area contributed by atoms with E-state index in [0.29, 0.717) is 29.2 Å². The zero-order chi connectivity index (χ0) is 22.9. The molecule has 0 bridgehead atoms. The van der Waals surface area contributed by atoms with Crippen molar-refractivity contribution in [2.45, 2.75) is 25.8 Å². The van der Waals surface area contributed by atoms with Gasteiger partial charge in [0, 0.05) is 6.42 Å². The zero-order valence-electron chi connectivity index (χ0n) is 18.6. The number of aryl methyl sites for hydroxylation is 1. The first-order valence-corrected chi connectivity index (χ1v) is 10.5. The van der Waals surface area contributed by atoms with Gasteiger partial charge in [0.1, 0.15) is 0 Å². The molecule has 0 aliphatic heterocycles. The molecule has 0 saturated heterocycles. The average Bonchev–Trinajstić information content (AvgIpc) is 2.83. The summed E-state index contributed by atoms with van der Waals surface area (Å²) in [6.07, 6.45) is 0.803. The molecule has 32 heavy (non-hydrogen) atoms. The molecule has 0 saturated carbocycles. The monoisotopic (exact) mass is 432 g/mol. The van der Waals surface area contributed by atoms with Crippen molar-refractivity contribution in [1.82, 2.24) is 5.32 Å². The number of carbonyl (C=O) groups excluding carboxylic acids is 2. The van der Waals surface area contributed by atoms with Crippen LogP contribution < -0.4 is 20.1 Å². The Hall–Kier alpha value is -3.80. The number of rotatable bonds is 9. The minimum absolute atomic E-state index is 0.155. The van der Waals surface area contributed by atoms with Crippen molar-refractivity contribution in [3.05, 3.63) is 89.5 Å². The second-order valence-electron chi connectivity index (χ2n) is 7.39. The lowest BCUT2D eigenvalue weighted by molar-refractivity contribution is -0.116. The van der Waals surface area contributed by atoms with Crippen molar-refractivity contribution in [3.63, 3.8) is 0 Å². The third-order valence-corrected chi connectivity index (χ3v) is 5.18. The molecule has 2 amide bonds. The first-order valence-electron chi connectivity index (χ1n) is 10.5. The van der Waals surface area contributed by atoms with Gasteiger partial charge >= 0.3 is 0 Å². The predicted molar refractivity (Wildman–Crippen MR) is 125 cm³/mol. The second kappa shape index (κ2) is 11.0. The molecule has 3 aromatic rings. The molecular formula is C26H28N2O4. The number of hydrogen-bond acceptors (Lipinski definition) is 4. The maximum absolute atomic E-state index is 12.9. The maximum Gasteiger partial charge on any atom is 0.253 e. The van der Waals surface area contributed by atoms with Crippen LogP contribution >= 0.6 is 0 Å². The number of para-hydroxylation sites is 1. The number of amides is 2. The predicted octanol–water partition coefficient (Wildman–Crippen LogP) is 4.77. The van der Waals surface area contributed by atoms with Crippen molar-refractivity contribution < 1.29 is 19.1 Å². The Kier molecular flexibility index (Phi) is 7.86. The smallest absolute Gasteiger partial charge is 0.253 e. The lowest BCUT2D eigenvalue weighted by Crippen LogP contribution is -2.28.